The molecule has 0 spiro atoms. The molecule has 0 saturated carbocycles. The highest BCUT2D eigenvalue weighted by molar-refractivity contribution is 6.09. The van der Waals surface area contributed by atoms with Gasteiger partial charge in [-0.3, -0.25) is 9.59 Å². The van der Waals surface area contributed by atoms with Gasteiger partial charge in [0.25, 0.3) is 11.8 Å². The van der Waals surface area contributed by atoms with Gasteiger partial charge < -0.3 is 10.6 Å². The first kappa shape index (κ1) is 17.0. The average molecular weight is 319 g/mol. The lowest BCUT2D eigenvalue weighted by molar-refractivity contribution is -0.112. The molecule has 0 aliphatic carbocycles. The van der Waals surface area contributed by atoms with E-state index in [4.69, 9.17) is 0 Å². The average Bonchev–Trinajstić information content (AvgIpc) is 2.61. The molecule has 24 heavy (non-hydrogen) atoms. The van der Waals surface area contributed by atoms with Crippen molar-refractivity contribution in [1.29, 1.82) is 5.26 Å². The highest BCUT2D eigenvalue weighted by Gasteiger charge is 2.10. The molecule has 2 aromatic carbocycles. The van der Waals surface area contributed by atoms with Crippen LogP contribution >= 0.6 is 0 Å². The molecule has 0 saturated heterocycles. The van der Waals surface area contributed by atoms with Crippen LogP contribution in [0.3, 0.4) is 0 Å². The highest BCUT2D eigenvalue weighted by atomic mass is 16.2. The van der Waals surface area contributed by atoms with Gasteiger partial charge in [0.2, 0.25) is 0 Å². The number of nitrogens with one attached hydrogen (secondary N) is 2. The summed E-state index contributed by atoms with van der Waals surface area (Å²) >= 11 is 0. The van der Waals surface area contributed by atoms with Crippen LogP contribution in [0.15, 0.2) is 54.1 Å². The third-order valence-electron chi connectivity index (χ3n) is 3.39. The zero-order chi connectivity index (χ0) is 17.5. The Bertz CT molecular complexity index is 813. The summed E-state index contributed by atoms with van der Waals surface area (Å²) < 4.78 is 0. The van der Waals surface area contributed by atoms with Gasteiger partial charge in [-0.15, -0.1) is 0 Å². The first-order chi connectivity index (χ1) is 11.5. The van der Waals surface area contributed by atoms with Crippen molar-refractivity contribution in [1.82, 2.24) is 5.32 Å². The number of hydrogen-bond acceptors (Lipinski definition) is 3. The first-order valence-corrected chi connectivity index (χ1v) is 7.35. The zero-order valence-corrected chi connectivity index (χ0v) is 13.5. The third kappa shape index (κ3) is 4.31. The second-order valence-corrected chi connectivity index (χ2v) is 5.19. The second-order valence-electron chi connectivity index (χ2n) is 5.19. The monoisotopic (exact) mass is 319 g/mol. The molecule has 2 aromatic rings. The summed E-state index contributed by atoms with van der Waals surface area (Å²) in [5, 5.41) is 14.4. The summed E-state index contributed by atoms with van der Waals surface area (Å²) in [5.74, 6) is -0.667. The van der Waals surface area contributed by atoms with Crippen molar-refractivity contribution < 1.29 is 9.59 Å². The van der Waals surface area contributed by atoms with E-state index in [0.29, 0.717) is 16.8 Å². The van der Waals surface area contributed by atoms with E-state index in [2.05, 4.69) is 10.6 Å². The normalized spacial score (nSPS) is 10.6. The lowest BCUT2D eigenvalue weighted by Gasteiger charge is -2.05. The van der Waals surface area contributed by atoms with Crippen LogP contribution in [0.5, 0.6) is 0 Å². The fraction of sp³-hybridized carbons (Fsp3) is 0.105. The Labute approximate surface area is 140 Å². The summed E-state index contributed by atoms with van der Waals surface area (Å²) in [6, 6.07) is 15.8. The van der Waals surface area contributed by atoms with Gasteiger partial charge in [-0.05, 0) is 42.8 Å². The van der Waals surface area contributed by atoms with Gasteiger partial charge in [0.05, 0.1) is 0 Å². The second kappa shape index (κ2) is 7.75. The zero-order valence-electron chi connectivity index (χ0n) is 13.5. The van der Waals surface area contributed by atoms with E-state index in [9.17, 15) is 14.9 Å². The van der Waals surface area contributed by atoms with E-state index in [1.807, 2.05) is 25.1 Å². The Hall–Kier alpha value is -3.39. The summed E-state index contributed by atoms with van der Waals surface area (Å²) in [6.45, 7) is 1.95. The smallest absolute Gasteiger partial charge is 0.266 e. The van der Waals surface area contributed by atoms with Gasteiger partial charge in [0, 0.05) is 18.3 Å². The number of nitrogens with zero attached hydrogens (tertiary/aromatic N) is 1. The number of rotatable bonds is 4. The van der Waals surface area contributed by atoms with E-state index >= 15 is 0 Å². The number of hydrogen-bond donors (Lipinski definition) is 2. The molecule has 0 aliphatic rings. The SMILES string of the molecule is CNC(=O)c1ccc(C=C(C#N)C(=O)Nc2ccc(C)cc2)cc1. The summed E-state index contributed by atoms with van der Waals surface area (Å²) in [7, 11) is 1.55. The molecule has 5 nitrogen and oxygen atoms in total. The van der Waals surface area contributed by atoms with Crippen LogP contribution in [0.1, 0.15) is 21.5 Å². The summed E-state index contributed by atoms with van der Waals surface area (Å²) in [5.41, 5.74) is 2.88. The summed E-state index contributed by atoms with van der Waals surface area (Å²) in [4.78, 5) is 23.7. The van der Waals surface area contributed by atoms with Crippen LogP contribution in [0.25, 0.3) is 6.08 Å². The third-order valence-corrected chi connectivity index (χ3v) is 3.39. The number of anilines is 1. The van der Waals surface area contributed by atoms with Gasteiger partial charge in [-0.2, -0.15) is 5.26 Å². The topological polar surface area (TPSA) is 82.0 Å². The van der Waals surface area contributed by atoms with E-state index in [1.165, 1.54) is 6.08 Å². The standard InChI is InChI=1S/C19H17N3O2/c1-13-3-9-17(10-4-13)22-19(24)16(12-20)11-14-5-7-15(8-6-14)18(23)21-2/h3-11H,1-2H3,(H,21,23)(H,22,24). The minimum Gasteiger partial charge on any atom is -0.355 e. The van der Waals surface area contributed by atoms with Crippen LogP contribution in [-0.2, 0) is 4.79 Å². The molecule has 0 fully saturated rings. The quantitative estimate of drug-likeness (QED) is 0.671. The van der Waals surface area contributed by atoms with Crippen molar-refractivity contribution in [2.45, 2.75) is 6.92 Å². The largest absolute Gasteiger partial charge is 0.355 e. The lowest BCUT2D eigenvalue weighted by Crippen LogP contribution is -2.17. The maximum Gasteiger partial charge on any atom is 0.266 e. The molecule has 0 bridgehead atoms. The number of benzene rings is 2. The van der Waals surface area contributed by atoms with Gasteiger partial charge >= 0.3 is 0 Å². The van der Waals surface area contributed by atoms with Crippen molar-refractivity contribution >= 4 is 23.6 Å². The van der Waals surface area contributed by atoms with Crippen molar-refractivity contribution in [2.24, 2.45) is 0 Å². The number of aryl methyl sites for hydroxylation is 1. The molecule has 0 aromatic heterocycles. The van der Waals surface area contributed by atoms with E-state index < -0.39 is 5.91 Å². The molecule has 2 N–H and O–H groups in total. The maximum absolute atomic E-state index is 12.2. The van der Waals surface area contributed by atoms with E-state index in [1.54, 1.807) is 43.4 Å². The van der Waals surface area contributed by atoms with Crippen molar-refractivity contribution in [3.63, 3.8) is 0 Å². The highest BCUT2D eigenvalue weighted by Crippen LogP contribution is 2.13. The molecule has 120 valence electrons. The van der Waals surface area contributed by atoms with Crippen LogP contribution in [0.4, 0.5) is 5.69 Å². The summed E-state index contributed by atoms with van der Waals surface area (Å²) in [6.07, 6.45) is 1.48. The molecule has 0 atom stereocenters. The van der Waals surface area contributed by atoms with Crippen LogP contribution in [0, 0.1) is 18.3 Å². The van der Waals surface area contributed by atoms with E-state index in [-0.39, 0.29) is 11.5 Å². The maximum atomic E-state index is 12.2. The van der Waals surface area contributed by atoms with Gasteiger partial charge in [-0.1, -0.05) is 29.8 Å². The molecule has 5 heteroatoms. The molecule has 0 aliphatic heterocycles. The minimum absolute atomic E-state index is 0.0109. The molecule has 0 radical (unpaired) electrons. The van der Waals surface area contributed by atoms with Crippen LogP contribution in [0.2, 0.25) is 0 Å². The fourth-order valence-electron chi connectivity index (χ4n) is 2.03. The predicted molar refractivity (Wildman–Crippen MR) is 93.2 cm³/mol. The van der Waals surface area contributed by atoms with Crippen molar-refractivity contribution in [3.8, 4) is 6.07 Å². The molecular weight excluding hydrogens is 302 g/mol. The Morgan fingerprint density at radius 1 is 1.04 bits per heavy atom. The lowest BCUT2D eigenvalue weighted by atomic mass is 10.1. The van der Waals surface area contributed by atoms with Gasteiger partial charge in [0.1, 0.15) is 11.6 Å². The van der Waals surface area contributed by atoms with Crippen molar-refractivity contribution in [2.75, 3.05) is 12.4 Å². The van der Waals surface area contributed by atoms with Gasteiger partial charge in [-0.25, -0.2) is 0 Å². The van der Waals surface area contributed by atoms with E-state index in [0.717, 1.165) is 5.56 Å². The van der Waals surface area contributed by atoms with Gasteiger partial charge in [0.15, 0.2) is 0 Å². The number of amides is 2. The van der Waals surface area contributed by atoms with Crippen LogP contribution in [-0.4, -0.2) is 18.9 Å². The number of carbonyl (C=O) groups excluding carboxylic acids is 2. The molecule has 2 amide bonds. The molecule has 0 unspecified atom stereocenters. The number of nitriles is 1. The van der Waals surface area contributed by atoms with Crippen molar-refractivity contribution in [3.05, 3.63) is 70.8 Å². The molecule has 0 heterocycles. The Morgan fingerprint density at radius 3 is 2.21 bits per heavy atom. The van der Waals surface area contributed by atoms with Crippen LogP contribution < -0.4 is 10.6 Å². The molecular formula is C19H17N3O2. The minimum atomic E-state index is -0.475. The Kier molecular flexibility index (Phi) is 5.48. The molecule has 2 rings (SSSR count). The Morgan fingerprint density at radius 2 is 1.67 bits per heavy atom. The number of carbonyl (C=O) groups is 2. The fourth-order valence-corrected chi connectivity index (χ4v) is 2.03. The predicted octanol–water partition coefficient (Wildman–Crippen LogP) is 2.90. The Balaban J connectivity index is 2.16. The first-order valence-electron chi connectivity index (χ1n) is 7.35.